The van der Waals surface area contributed by atoms with E-state index in [1.54, 1.807) is 18.5 Å². The summed E-state index contributed by atoms with van der Waals surface area (Å²) in [5, 5.41) is 3.13. The van der Waals surface area contributed by atoms with E-state index in [0.29, 0.717) is 45.3 Å². The van der Waals surface area contributed by atoms with Gasteiger partial charge in [-0.1, -0.05) is 0 Å². The Morgan fingerprint density at radius 3 is 2.38 bits per heavy atom. The first kappa shape index (κ1) is 18.8. The molecule has 0 radical (unpaired) electrons. The highest BCUT2D eigenvalue weighted by Crippen LogP contribution is 2.20. The molecule has 0 aromatic carbocycles. The zero-order valence-electron chi connectivity index (χ0n) is 13.4. The number of piperidine rings is 1. The Morgan fingerprint density at radius 2 is 1.86 bits per heavy atom. The van der Waals surface area contributed by atoms with Gasteiger partial charge >= 0.3 is 0 Å². The van der Waals surface area contributed by atoms with E-state index in [4.69, 9.17) is 9.47 Å². The number of rotatable bonds is 10. The van der Waals surface area contributed by atoms with E-state index in [1.165, 1.54) is 4.31 Å². The van der Waals surface area contributed by atoms with Gasteiger partial charge in [0.25, 0.3) is 10.2 Å². The van der Waals surface area contributed by atoms with Crippen molar-refractivity contribution in [3.05, 3.63) is 0 Å². The van der Waals surface area contributed by atoms with Gasteiger partial charge in [-0.05, 0) is 32.4 Å². The maximum Gasteiger partial charge on any atom is 0.282 e. The monoisotopic (exact) mass is 323 g/mol. The molecule has 7 nitrogen and oxygen atoms in total. The fourth-order valence-electron chi connectivity index (χ4n) is 2.58. The fraction of sp³-hybridized carbons (Fsp3) is 1.00. The van der Waals surface area contributed by atoms with E-state index in [1.807, 2.05) is 7.05 Å². The van der Waals surface area contributed by atoms with E-state index in [-0.39, 0.29) is 0 Å². The van der Waals surface area contributed by atoms with Gasteiger partial charge < -0.3 is 14.8 Å². The number of nitrogens with one attached hydrogen (secondary N) is 1. The second-order valence-corrected chi connectivity index (χ2v) is 7.24. The number of hydrogen-bond acceptors (Lipinski definition) is 5. The van der Waals surface area contributed by atoms with Crippen molar-refractivity contribution in [3.8, 4) is 0 Å². The molecule has 1 saturated heterocycles. The molecule has 0 aromatic rings. The molecule has 8 heteroatoms. The lowest BCUT2D eigenvalue weighted by Crippen LogP contribution is -2.50. The fourth-order valence-corrected chi connectivity index (χ4v) is 4.28. The van der Waals surface area contributed by atoms with Crippen LogP contribution >= 0.6 is 0 Å². The topological polar surface area (TPSA) is 71.1 Å². The summed E-state index contributed by atoms with van der Waals surface area (Å²) in [4.78, 5) is 0. The first-order valence-electron chi connectivity index (χ1n) is 7.44. The van der Waals surface area contributed by atoms with Crippen molar-refractivity contribution in [2.75, 3.05) is 67.2 Å². The SMILES string of the molecule is CNCC1CCCN(S(=O)(=O)N(CCOC)CCOC)C1. The molecule has 1 atom stereocenters. The highest BCUT2D eigenvalue weighted by Gasteiger charge is 2.33. The lowest BCUT2D eigenvalue weighted by atomic mass is 10.00. The lowest BCUT2D eigenvalue weighted by molar-refractivity contribution is 0.144. The number of methoxy groups -OCH3 is 2. The van der Waals surface area contributed by atoms with Crippen molar-refractivity contribution in [1.82, 2.24) is 13.9 Å². The maximum absolute atomic E-state index is 12.8. The zero-order valence-corrected chi connectivity index (χ0v) is 14.2. The van der Waals surface area contributed by atoms with E-state index >= 15 is 0 Å². The van der Waals surface area contributed by atoms with Crippen LogP contribution in [0.2, 0.25) is 0 Å². The predicted octanol–water partition coefficient (Wildman–Crippen LogP) is -0.243. The van der Waals surface area contributed by atoms with Crippen LogP contribution in [0.5, 0.6) is 0 Å². The molecule has 1 rings (SSSR count). The number of hydrogen-bond donors (Lipinski definition) is 1. The second kappa shape index (κ2) is 9.70. The molecule has 1 unspecified atom stereocenters. The van der Waals surface area contributed by atoms with Crippen LogP contribution in [-0.2, 0) is 19.7 Å². The Hall–Kier alpha value is -0.250. The lowest BCUT2D eigenvalue weighted by Gasteiger charge is -2.35. The summed E-state index contributed by atoms with van der Waals surface area (Å²) in [6.45, 7) is 3.51. The summed E-state index contributed by atoms with van der Waals surface area (Å²) in [5.41, 5.74) is 0. The summed E-state index contributed by atoms with van der Waals surface area (Å²) >= 11 is 0. The van der Waals surface area contributed by atoms with Crippen LogP contribution in [-0.4, -0.2) is 84.2 Å². The van der Waals surface area contributed by atoms with Crippen molar-refractivity contribution in [2.45, 2.75) is 12.8 Å². The molecule has 1 aliphatic rings. The molecule has 0 aromatic heterocycles. The number of nitrogens with zero attached hydrogens (tertiary/aromatic N) is 2. The smallest absolute Gasteiger partial charge is 0.282 e. The van der Waals surface area contributed by atoms with Crippen LogP contribution in [0.4, 0.5) is 0 Å². The Kier molecular flexibility index (Phi) is 8.69. The Bertz CT molecular complexity index is 368. The molecule has 1 N–H and O–H groups in total. The van der Waals surface area contributed by atoms with Gasteiger partial charge in [0.2, 0.25) is 0 Å². The summed E-state index contributed by atoms with van der Waals surface area (Å²) in [5.74, 6) is 0.380. The van der Waals surface area contributed by atoms with Gasteiger partial charge in [-0.25, -0.2) is 0 Å². The molecule has 0 bridgehead atoms. The minimum Gasteiger partial charge on any atom is -0.383 e. The molecule has 1 aliphatic heterocycles. The van der Waals surface area contributed by atoms with Gasteiger partial charge in [-0.2, -0.15) is 17.0 Å². The summed E-state index contributed by atoms with van der Waals surface area (Å²) in [6.07, 6.45) is 1.98. The molecular formula is C13H29N3O4S. The van der Waals surface area contributed by atoms with Gasteiger partial charge in [0.05, 0.1) is 13.2 Å². The highest BCUT2D eigenvalue weighted by atomic mass is 32.2. The van der Waals surface area contributed by atoms with Crippen LogP contribution in [0.25, 0.3) is 0 Å². The molecule has 0 saturated carbocycles. The van der Waals surface area contributed by atoms with Gasteiger partial charge in [0, 0.05) is 40.4 Å². The molecule has 1 fully saturated rings. The van der Waals surface area contributed by atoms with Crippen LogP contribution < -0.4 is 5.32 Å². The van der Waals surface area contributed by atoms with Gasteiger partial charge in [0.15, 0.2) is 0 Å². The summed E-state index contributed by atoms with van der Waals surface area (Å²) in [6, 6.07) is 0. The third-order valence-corrected chi connectivity index (χ3v) is 5.72. The van der Waals surface area contributed by atoms with Crippen molar-refractivity contribution < 1.29 is 17.9 Å². The molecule has 1 heterocycles. The first-order valence-corrected chi connectivity index (χ1v) is 8.83. The maximum atomic E-state index is 12.8. The molecule has 0 spiro atoms. The van der Waals surface area contributed by atoms with Crippen molar-refractivity contribution in [2.24, 2.45) is 5.92 Å². The normalized spacial score (nSPS) is 21.0. The summed E-state index contributed by atoms with van der Waals surface area (Å²) < 4.78 is 38.6. The zero-order chi connectivity index (χ0) is 15.7. The average molecular weight is 323 g/mol. The van der Waals surface area contributed by atoms with E-state index in [2.05, 4.69) is 5.32 Å². The van der Waals surface area contributed by atoms with Crippen LogP contribution in [0, 0.1) is 5.92 Å². The largest absolute Gasteiger partial charge is 0.383 e. The van der Waals surface area contributed by atoms with Crippen LogP contribution in [0.15, 0.2) is 0 Å². The summed E-state index contributed by atoms with van der Waals surface area (Å²) in [7, 11) is 1.61. The third-order valence-electron chi connectivity index (χ3n) is 3.72. The van der Waals surface area contributed by atoms with Gasteiger partial charge in [-0.15, -0.1) is 0 Å². The predicted molar refractivity (Wildman–Crippen MR) is 82.5 cm³/mol. The molecule has 0 aliphatic carbocycles. The standard InChI is InChI=1S/C13H29N3O4S/c1-14-11-13-5-4-6-16(12-13)21(17,18)15(7-9-19-2)8-10-20-3/h13-14H,4-12H2,1-3H3. The molecular weight excluding hydrogens is 294 g/mol. The van der Waals surface area contributed by atoms with E-state index < -0.39 is 10.2 Å². The van der Waals surface area contributed by atoms with Gasteiger partial charge in [0.1, 0.15) is 0 Å². The Balaban J connectivity index is 2.72. The Labute approximate surface area is 128 Å². The van der Waals surface area contributed by atoms with E-state index in [9.17, 15) is 8.42 Å². The third kappa shape index (κ3) is 5.80. The highest BCUT2D eigenvalue weighted by molar-refractivity contribution is 7.86. The van der Waals surface area contributed by atoms with Crippen LogP contribution in [0.1, 0.15) is 12.8 Å². The minimum atomic E-state index is -3.44. The van der Waals surface area contributed by atoms with Crippen molar-refractivity contribution >= 4 is 10.2 Å². The quantitative estimate of drug-likeness (QED) is 0.601. The average Bonchev–Trinajstić information content (AvgIpc) is 2.48. The molecule has 126 valence electrons. The molecule has 21 heavy (non-hydrogen) atoms. The number of ether oxygens (including phenoxy) is 2. The van der Waals surface area contributed by atoms with Crippen molar-refractivity contribution in [1.29, 1.82) is 0 Å². The first-order chi connectivity index (χ1) is 10.1. The minimum absolute atomic E-state index is 0.357. The van der Waals surface area contributed by atoms with Crippen LogP contribution in [0.3, 0.4) is 0 Å². The second-order valence-electron chi connectivity index (χ2n) is 5.32. The van der Waals surface area contributed by atoms with Crippen molar-refractivity contribution in [3.63, 3.8) is 0 Å². The Morgan fingerprint density at radius 1 is 1.24 bits per heavy atom. The van der Waals surface area contributed by atoms with E-state index in [0.717, 1.165) is 19.4 Å². The van der Waals surface area contributed by atoms with Gasteiger partial charge in [-0.3, -0.25) is 0 Å². The molecule has 0 amide bonds.